The fraction of sp³-hybridized carbons (Fsp3) is 0.278. The maximum Gasteiger partial charge on any atom is 0.188 e. The van der Waals surface area contributed by atoms with Gasteiger partial charge in [-0.1, -0.05) is 12.2 Å². The molecule has 0 aliphatic carbocycles. The number of nitrogen functional groups attached to an aromatic ring is 1. The summed E-state index contributed by atoms with van der Waals surface area (Å²) in [5.74, 6) is 0.242. The molecule has 5 N–H and O–H groups in total. The molecule has 136 valence electrons. The smallest absolute Gasteiger partial charge is 0.188 e. The van der Waals surface area contributed by atoms with E-state index in [-0.39, 0.29) is 11.6 Å². The number of nitriles is 1. The van der Waals surface area contributed by atoms with E-state index in [1.807, 2.05) is 6.92 Å². The van der Waals surface area contributed by atoms with E-state index in [1.165, 1.54) is 16.8 Å². The van der Waals surface area contributed by atoms with Crippen molar-refractivity contribution in [1.82, 2.24) is 15.1 Å². The minimum Gasteiger partial charge on any atom is -0.382 e. The lowest BCUT2D eigenvalue weighted by atomic mass is 10.1. The van der Waals surface area contributed by atoms with Crippen LogP contribution in [0.5, 0.6) is 0 Å². The van der Waals surface area contributed by atoms with Gasteiger partial charge in [-0.2, -0.15) is 10.4 Å². The molecule has 1 heterocycles. The highest BCUT2D eigenvalue weighted by atomic mass is 19.1. The highest BCUT2D eigenvalue weighted by molar-refractivity contribution is 5.77. The van der Waals surface area contributed by atoms with E-state index >= 15 is 0 Å². The van der Waals surface area contributed by atoms with Crippen LogP contribution in [0.2, 0.25) is 0 Å². The molecule has 2 rings (SSSR count). The SMILES string of the molecule is C=C(C)CN=C(N)NCCCc1nn(-c2ccc(F)cc2)c(N)c1C#N. The van der Waals surface area contributed by atoms with Crippen molar-refractivity contribution < 1.29 is 4.39 Å². The summed E-state index contributed by atoms with van der Waals surface area (Å²) in [5.41, 5.74) is 14.2. The van der Waals surface area contributed by atoms with Crippen LogP contribution >= 0.6 is 0 Å². The van der Waals surface area contributed by atoms with Gasteiger partial charge in [0.1, 0.15) is 23.3 Å². The molecule has 0 spiro atoms. The maximum absolute atomic E-state index is 13.1. The molecule has 0 radical (unpaired) electrons. The zero-order valence-corrected chi connectivity index (χ0v) is 14.7. The summed E-state index contributed by atoms with van der Waals surface area (Å²) in [4.78, 5) is 4.13. The molecule has 2 aromatic rings. The number of aryl methyl sites for hydroxylation is 1. The molecule has 1 aromatic heterocycles. The van der Waals surface area contributed by atoms with Crippen LogP contribution < -0.4 is 16.8 Å². The molecular formula is C18H22FN7. The number of benzene rings is 1. The molecular weight excluding hydrogens is 333 g/mol. The van der Waals surface area contributed by atoms with Gasteiger partial charge in [0, 0.05) is 6.54 Å². The molecule has 7 nitrogen and oxygen atoms in total. The van der Waals surface area contributed by atoms with Crippen LogP contribution in [-0.2, 0) is 6.42 Å². The summed E-state index contributed by atoms with van der Waals surface area (Å²) in [6.45, 7) is 6.70. The second kappa shape index (κ2) is 8.67. The lowest BCUT2D eigenvalue weighted by molar-refractivity contribution is 0.627. The zero-order valence-electron chi connectivity index (χ0n) is 14.7. The van der Waals surface area contributed by atoms with E-state index < -0.39 is 0 Å². The van der Waals surface area contributed by atoms with Crippen molar-refractivity contribution in [3.8, 4) is 11.8 Å². The third-order valence-electron chi connectivity index (χ3n) is 3.59. The lowest BCUT2D eigenvalue weighted by Gasteiger charge is -2.05. The first-order valence-corrected chi connectivity index (χ1v) is 8.14. The number of nitrogens with one attached hydrogen (secondary N) is 1. The van der Waals surface area contributed by atoms with E-state index in [0.29, 0.717) is 48.8 Å². The number of rotatable bonds is 7. The first-order valence-electron chi connectivity index (χ1n) is 8.14. The first kappa shape index (κ1) is 19.0. The highest BCUT2D eigenvalue weighted by Crippen LogP contribution is 2.21. The Morgan fingerprint density at radius 3 is 2.73 bits per heavy atom. The van der Waals surface area contributed by atoms with Crippen molar-refractivity contribution in [2.45, 2.75) is 19.8 Å². The Bertz CT molecular complexity index is 844. The molecule has 26 heavy (non-hydrogen) atoms. The van der Waals surface area contributed by atoms with Crippen LogP contribution in [0.3, 0.4) is 0 Å². The number of halogens is 1. The Morgan fingerprint density at radius 2 is 2.12 bits per heavy atom. The van der Waals surface area contributed by atoms with Crippen molar-refractivity contribution in [2.75, 3.05) is 18.8 Å². The van der Waals surface area contributed by atoms with Gasteiger partial charge >= 0.3 is 0 Å². The number of aromatic nitrogens is 2. The predicted octanol–water partition coefficient (Wildman–Crippen LogP) is 1.88. The summed E-state index contributed by atoms with van der Waals surface area (Å²) >= 11 is 0. The van der Waals surface area contributed by atoms with Crippen LogP contribution in [0.4, 0.5) is 10.2 Å². The van der Waals surface area contributed by atoms with Gasteiger partial charge in [0.25, 0.3) is 0 Å². The number of hydrogen-bond acceptors (Lipinski definition) is 4. The zero-order chi connectivity index (χ0) is 19.1. The molecule has 0 aliphatic heterocycles. The second-order valence-electron chi connectivity index (χ2n) is 5.90. The first-order chi connectivity index (χ1) is 12.4. The van der Waals surface area contributed by atoms with E-state index in [2.05, 4.69) is 28.1 Å². The van der Waals surface area contributed by atoms with Gasteiger partial charge in [-0.05, 0) is 44.0 Å². The molecule has 0 fully saturated rings. The van der Waals surface area contributed by atoms with Crippen molar-refractivity contribution in [2.24, 2.45) is 10.7 Å². The summed E-state index contributed by atoms with van der Waals surface area (Å²) in [5, 5.41) is 16.8. The molecule has 8 heteroatoms. The molecule has 1 aromatic carbocycles. The van der Waals surface area contributed by atoms with Gasteiger partial charge in [0.05, 0.1) is 17.9 Å². The standard InChI is InChI=1S/C18H22FN7/c1-12(2)11-24-18(22)23-9-3-4-16-15(10-20)17(21)26(25-16)14-7-5-13(19)6-8-14/h5-8H,1,3-4,9,11,21H2,2H3,(H3,22,23,24). The number of nitrogens with zero attached hydrogens (tertiary/aromatic N) is 4. The van der Waals surface area contributed by atoms with Crippen molar-refractivity contribution in [3.05, 3.63) is 53.5 Å². The van der Waals surface area contributed by atoms with Crippen molar-refractivity contribution >= 4 is 11.8 Å². The average molecular weight is 355 g/mol. The highest BCUT2D eigenvalue weighted by Gasteiger charge is 2.16. The Hall–Kier alpha value is -3.34. The lowest BCUT2D eigenvalue weighted by Crippen LogP contribution is -2.32. The Morgan fingerprint density at radius 1 is 1.42 bits per heavy atom. The Balaban J connectivity index is 2.03. The molecule has 0 bridgehead atoms. The third kappa shape index (κ3) is 4.83. The Kier molecular flexibility index (Phi) is 6.33. The molecule has 0 saturated carbocycles. The molecule has 0 unspecified atom stereocenters. The normalized spacial score (nSPS) is 11.2. The number of guanidine groups is 1. The monoisotopic (exact) mass is 355 g/mol. The summed E-state index contributed by atoms with van der Waals surface area (Å²) in [6.07, 6.45) is 1.24. The minimum absolute atomic E-state index is 0.240. The fourth-order valence-electron chi connectivity index (χ4n) is 2.30. The summed E-state index contributed by atoms with van der Waals surface area (Å²) < 4.78 is 14.5. The molecule has 0 atom stereocenters. The molecule has 0 aliphatic rings. The second-order valence-corrected chi connectivity index (χ2v) is 5.90. The van der Waals surface area contributed by atoms with Gasteiger partial charge in [-0.15, -0.1) is 0 Å². The topological polar surface area (TPSA) is 118 Å². The Labute approximate surface area is 151 Å². The third-order valence-corrected chi connectivity index (χ3v) is 3.59. The summed E-state index contributed by atoms with van der Waals surface area (Å²) in [6, 6.07) is 7.84. The van der Waals surface area contributed by atoms with Gasteiger partial charge < -0.3 is 16.8 Å². The van der Waals surface area contributed by atoms with Crippen molar-refractivity contribution in [3.63, 3.8) is 0 Å². The van der Waals surface area contributed by atoms with Gasteiger partial charge in [-0.3, -0.25) is 0 Å². The molecule has 0 saturated heterocycles. The quantitative estimate of drug-likeness (QED) is 0.303. The average Bonchev–Trinajstić information content (AvgIpc) is 2.93. The number of aliphatic imine (C=N–C) groups is 1. The van der Waals surface area contributed by atoms with Crippen LogP contribution in [0, 0.1) is 17.1 Å². The van der Waals surface area contributed by atoms with Crippen LogP contribution in [0.1, 0.15) is 24.6 Å². The van der Waals surface area contributed by atoms with Gasteiger partial charge in [0.15, 0.2) is 5.96 Å². The fourth-order valence-corrected chi connectivity index (χ4v) is 2.30. The van der Waals surface area contributed by atoms with Crippen LogP contribution in [0.15, 0.2) is 41.4 Å². The predicted molar refractivity (Wildman–Crippen MR) is 100 cm³/mol. The van der Waals surface area contributed by atoms with E-state index in [1.54, 1.807) is 12.1 Å². The van der Waals surface area contributed by atoms with E-state index in [4.69, 9.17) is 11.5 Å². The van der Waals surface area contributed by atoms with Crippen LogP contribution in [-0.4, -0.2) is 28.8 Å². The number of nitrogens with two attached hydrogens (primary N) is 2. The number of hydrogen-bond donors (Lipinski definition) is 3. The summed E-state index contributed by atoms with van der Waals surface area (Å²) in [7, 11) is 0. The van der Waals surface area contributed by atoms with Gasteiger partial charge in [-0.25, -0.2) is 14.1 Å². The number of anilines is 1. The van der Waals surface area contributed by atoms with E-state index in [9.17, 15) is 9.65 Å². The van der Waals surface area contributed by atoms with Crippen molar-refractivity contribution in [1.29, 1.82) is 5.26 Å². The van der Waals surface area contributed by atoms with E-state index in [0.717, 1.165) is 5.57 Å². The maximum atomic E-state index is 13.1. The minimum atomic E-state index is -0.350. The van der Waals surface area contributed by atoms with Crippen LogP contribution in [0.25, 0.3) is 5.69 Å². The largest absolute Gasteiger partial charge is 0.382 e. The van der Waals surface area contributed by atoms with Gasteiger partial charge in [0.2, 0.25) is 0 Å². The molecule has 0 amide bonds.